The number of thiophene rings is 1. The van der Waals surface area contributed by atoms with Crippen LogP contribution in [-0.4, -0.2) is 17.7 Å². The van der Waals surface area contributed by atoms with Crippen molar-refractivity contribution in [2.45, 2.75) is 26.9 Å². The van der Waals surface area contributed by atoms with Crippen LogP contribution >= 0.6 is 11.3 Å². The second kappa shape index (κ2) is 4.77. The molecule has 0 aliphatic rings. The maximum Gasteiger partial charge on any atom is 0.314 e. The maximum atomic E-state index is 11.6. The summed E-state index contributed by atoms with van der Waals surface area (Å²) in [6, 6.07) is 3.67. The Morgan fingerprint density at radius 1 is 1.67 bits per heavy atom. The minimum absolute atomic E-state index is 0.333. The number of esters is 1. The zero-order chi connectivity index (χ0) is 11.5. The summed E-state index contributed by atoms with van der Waals surface area (Å²) in [5.41, 5.74) is -0.902. The maximum absolute atomic E-state index is 11.6. The number of aliphatic hydroxyl groups excluding tert-OH is 1. The van der Waals surface area contributed by atoms with E-state index in [1.54, 1.807) is 20.8 Å². The third-order valence-electron chi connectivity index (χ3n) is 2.30. The summed E-state index contributed by atoms with van der Waals surface area (Å²) in [6.07, 6.45) is -0.809. The van der Waals surface area contributed by atoms with Crippen LogP contribution in [0.3, 0.4) is 0 Å². The van der Waals surface area contributed by atoms with Crippen LogP contribution < -0.4 is 0 Å². The topological polar surface area (TPSA) is 46.5 Å². The molecule has 1 N–H and O–H groups in total. The average Bonchev–Trinajstić information content (AvgIpc) is 2.69. The largest absolute Gasteiger partial charge is 0.465 e. The van der Waals surface area contributed by atoms with E-state index in [9.17, 15) is 9.90 Å². The van der Waals surface area contributed by atoms with Crippen molar-refractivity contribution in [2.24, 2.45) is 5.41 Å². The first-order valence-corrected chi connectivity index (χ1v) is 5.76. The van der Waals surface area contributed by atoms with Gasteiger partial charge in [0.2, 0.25) is 0 Å². The second-order valence-electron chi connectivity index (χ2n) is 3.86. The van der Waals surface area contributed by atoms with E-state index in [0.717, 1.165) is 4.88 Å². The molecule has 0 aromatic carbocycles. The van der Waals surface area contributed by atoms with Gasteiger partial charge in [-0.25, -0.2) is 0 Å². The van der Waals surface area contributed by atoms with Gasteiger partial charge in [-0.2, -0.15) is 0 Å². The lowest BCUT2D eigenvalue weighted by atomic mass is 9.86. The number of carbonyl (C=O) groups is 1. The minimum Gasteiger partial charge on any atom is -0.465 e. The van der Waals surface area contributed by atoms with Gasteiger partial charge < -0.3 is 9.84 Å². The number of aliphatic hydroxyl groups is 1. The lowest BCUT2D eigenvalue weighted by Gasteiger charge is -2.27. The Kier molecular flexibility index (Phi) is 3.88. The van der Waals surface area contributed by atoms with Crippen LogP contribution in [0.15, 0.2) is 17.5 Å². The summed E-state index contributed by atoms with van der Waals surface area (Å²) in [5.74, 6) is -0.370. The molecule has 1 aromatic heterocycles. The quantitative estimate of drug-likeness (QED) is 0.805. The summed E-state index contributed by atoms with van der Waals surface area (Å²) in [7, 11) is 0. The molecular weight excluding hydrogens is 212 g/mol. The number of carbonyl (C=O) groups excluding carboxylic acids is 1. The van der Waals surface area contributed by atoms with Gasteiger partial charge in [-0.05, 0) is 32.2 Å². The zero-order valence-corrected chi connectivity index (χ0v) is 10.0. The molecule has 0 amide bonds. The van der Waals surface area contributed by atoms with E-state index in [1.807, 2.05) is 17.5 Å². The van der Waals surface area contributed by atoms with Gasteiger partial charge >= 0.3 is 5.97 Å². The molecule has 0 spiro atoms. The van der Waals surface area contributed by atoms with Gasteiger partial charge in [0.15, 0.2) is 0 Å². The molecule has 0 radical (unpaired) electrons. The fourth-order valence-corrected chi connectivity index (χ4v) is 2.13. The number of hydrogen-bond acceptors (Lipinski definition) is 4. The van der Waals surface area contributed by atoms with Crippen molar-refractivity contribution in [3.8, 4) is 0 Å². The Balaban J connectivity index is 2.81. The van der Waals surface area contributed by atoms with E-state index in [1.165, 1.54) is 11.3 Å². The van der Waals surface area contributed by atoms with Crippen molar-refractivity contribution in [3.05, 3.63) is 22.4 Å². The van der Waals surface area contributed by atoms with Crippen LogP contribution in [0.2, 0.25) is 0 Å². The van der Waals surface area contributed by atoms with Gasteiger partial charge in [-0.15, -0.1) is 11.3 Å². The molecule has 0 fully saturated rings. The molecule has 0 bridgehead atoms. The van der Waals surface area contributed by atoms with Gasteiger partial charge in [0.25, 0.3) is 0 Å². The molecule has 0 saturated heterocycles. The zero-order valence-electron chi connectivity index (χ0n) is 9.19. The monoisotopic (exact) mass is 228 g/mol. The van der Waals surface area contributed by atoms with Crippen LogP contribution in [0, 0.1) is 5.41 Å². The molecule has 0 aliphatic heterocycles. The smallest absolute Gasteiger partial charge is 0.314 e. The van der Waals surface area contributed by atoms with Crippen LogP contribution in [0.1, 0.15) is 31.8 Å². The molecule has 0 aliphatic carbocycles. The lowest BCUT2D eigenvalue weighted by Crippen LogP contribution is -2.32. The van der Waals surface area contributed by atoms with E-state index in [4.69, 9.17) is 4.74 Å². The van der Waals surface area contributed by atoms with Gasteiger partial charge in [-0.3, -0.25) is 4.79 Å². The van der Waals surface area contributed by atoms with Crippen molar-refractivity contribution < 1.29 is 14.6 Å². The number of hydrogen-bond donors (Lipinski definition) is 1. The summed E-state index contributed by atoms with van der Waals surface area (Å²) in [6.45, 7) is 5.47. The molecule has 15 heavy (non-hydrogen) atoms. The van der Waals surface area contributed by atoms with Gasteiger partial charge in [0, 0.05) is 4.88 Å². The van der Waals surface area contributed by atoms with Crippen molar-refractivity contribution in [1.29, 1.82) is 0 Å². The third-order valence-corrected chi connectivity index (χ3v) is 3.22. The molecule has 0 saturated carbocycles. The highest BCUT2D eigenvalue weighted by Crippen LogP contribution is 2.36. The van der Waals surface area contributed by atoms with Crippen molar-refractivity contribution in [2.75, 3.05) is 6.61 Å². The fourth-order valence-electron chi connectivity index (χ4n) is 1.23. The first-order valence-electron chi connectivity index (χ1n) is 4.88. The second-order valence-corrected chi connectivity index (χ2v) is 4.84. The van der Waals surface area contributed by atoms with Gasteiger partial charge in [0.05, 0.1) is 12.0 Å². The summed E-state index contributed by atoms with van der Waals surface area (Å²) < 4.78 is 4.93. The summed E-state index contributed by atoms with van der Waals surface area (Å²) in [4.78, 5) is 12.4. The van der Waals surface area contributed by atoms with E-state index >= 15 is 0 Å². The van der Waals surface area contributed by atoms with E-state index in [2.05, 4.69) is 0 Å². The van der Waals surface area contributed by atoms with Crippen LogP contribution in [0.4, 0.5) is 0 Å². The van der Waals surface area contributed by atoms with Crippen molar-refractivity contribution in [3.63, 3.8) is 0 Å². The Morgan fingerprint density at radius 2 is 2.33 bits per heavy atom. The standard InChI is InChI=1S/C11H16O3S/c1-4-14-10(13)11(2,3)9(12)8-6-5-7-15-8/h5-7,9,12H,4H2,1-3H3. The summed E-state index contributed by atoms with van der Waals surface area (Å²) in [5, 5.41) is 11.9. The van der Waals surface area contributed by atoms with Gasteiger partial charge in [-0.1, -0.05) is 6.07 Å². The highest BCUT2D eigenvalue weighted by atomic mass is 32.1. The third kappa shape index (κ3) is 2.58. The molecule has 3 nitrogen and oxygen atoms in total. The lowest BCUT2D eigenvalue weighted by molar-refractivity contribution is -0.160. The Hall–Kier alpha value is -0.870. The van der Waals surface area contributed by atoms with Crippen molar-refractivity contribution in [1.82, 2.24) is 0 Å². The first-order chi connectivity index (χ1) is 7.00. The highest BCUT2D eigenvalue weighted by Gasteiger charge is 2.38. The number of rotatable bonds is 4. The van der Waals surface area contributed by atoms with Gasteiger partial charge in [0.1, 0.15) is 6.10 Å². The predicted molar refractivity (Wildman–Crippen MR) is 59.7 cm³/mol. The molecular formula is C11H16O3S. The van der Waals surface area contributed by atoms with Crippen LogP contribution in [0.25, 0.3) is 0 Å². The number of ether oxygens (including phenoxy) is 1. The highest BCUT2D eigenvalue weighted by molar-refractivity contribution is 7.10. The average molecular weight is 228 g/mol. The Morgan fingerprint density at radius 3 is 2.80 bits per heavy atom. The minimum atomic E-state index is -0.902. The Labute approximate surface area is 93.7 Å². The molecule has 1 heterocycles. The first kappa shape index (κ1) is 12.2. The Bertz CT molecular complexity index is 317. The normalized spacial score (nSPS) is 13.6. The van der Waals surface area contributed by atoms with Crippen LogP contribution in [0.5, 0.6) is 0 Å². The summed E-state index contributed by atoms with van der Waals surface area (Å²) >= 11 is 1.44. The SMILES string of the molecule is CCOC(=O)C(C)(C)C(O)c1cccs1. The molecule has 4 heteroatoms. The molecule has 1 atom stereocenters. The van der Waals surface area contributed by atoms with Crippen LogP contribution in [-0.2, 0) is 9.53 Å². The fraction of sp³-hybridized carbons (Fsp3) is 0.545. The molecule has 84 valence electrons. The molecule has 1 unspecified atom stereocenters. The van der Waals surface area contributed by atoms with E-state index in [-0.39, 0.29) is 5.97 Å². The van der Waals surface area contributed by atoms with E-state index in [0.29, 0.717) is 6.61 Å². The van der Waals surface area contributed by atoms with Crippen molar-refractivity contribution >= 4 is 17.3 Å². The van der Waals surface area contributed by atoms with E-state index < -0.39 is 11.5 Å². The molecule has 1 aromatic rings. The predicted octanol–water partition coefficient (Wildman–Crippen LogP) is 2.37. The molecule has 1 rings (SSSR count).